The van der Waals surface area contributed by atoms with Crippen molar-refractivity contribution in [3.8, 4) is 0 Å². The molecule has 2 aliphatic heterocycles. The Balaban J connectivity index is 1.58. The molecule has 3 rings (SSSR count). The molecule has 2 heterocycles. The first-order chi connectivity index (χ1) is 13.2. The second-order valence-corrected chi connectivity index (χ2v) is 9.69. The molecule has 0 aromatic carbocycles. The van der Waals surface area contributed by atoms with Crippen LogP contribution in [0.25, 0.3) is 0 Å². The van der Waals surface area contributed by atoms with Crippen LogP contribution in [0.2, 0.25) is 0 Å². The van der Waals surface area contributed by atoms with Gasteiger partial charge in [0, 0.05) is 63.5 Å². The first-order valence-electron chi connectivity index (χ1n) is 11.1. The summed E-state index contributed by atoms with van der Waals surface area (Å²) in [5.41, 5.74) is 0.323. The molecule has 6 heteroatoms. The van der Waals surface area contributed by atoms with Crippen LogP contribution in [0.4, 0.5) is 0 Å². The molecular weight excluding hydrogens is 356 g/mol. The van der Waals surface area contributed by atoms with Gasteiger partial charge in [-0.05, 0) is 44.9 Å². The average molecular weight is 397 g/mol. The Morgan fingerprint density at radius 3 is 2.59 bits per heavy atom. The van der Waals surface area contributed by atoms with E-state index in [9.17, 15) is 0 Å². The Morgan fingerprint density at radius 1 is 1.22 bits per heavy atom. The summed E-state index contributed by atoms with van der Waals surface area (Å²) in [6.07, 6.45) is 9.08. The maximum absolute atomic E-state index is 5.50. The SMILES string of the molecule is CCNC(=NCC1(N2CCSCC2)CCCC1)N(C)CCC1CCOCC1. The molecular formula is C21H40N4OS. The highest BCUT2D eigenvalue weighted by Crippen LogP contribution is 2.37. The Labute approximate surface area is 170 Å². The van der Waals surface area contributed by atoms with Gasteiger partial charge in [-0.1, -0.05) is 12.8 Å². The van der Waals surface area contributed by atoms with Crippen molar-refractivity contribution in [1.29, 1.82) is 0 Å². The lowest BCUT2D eigenvalue weighted by atomic mass is 9.95. The quantitative estimate of drug-likeness (QED) is 0.529. The maximum atomic E-state index is 5.50. The number of aliphatic imine (C=N–C) groups is 1. The van der Waals surface area contributed by atoms with Gasteiger partial charge in [0.05, 0.1) is 6.54 Å². The van der Waals surface area contributed by atoms with E-state index in [1.807, 2.05) is 0 Å². The molecule has 2 saturated heterocycles. The first kappa shape index (κ1) is 21.3. The van der Waals surface area contributed by atoms with Crippen molar-refractivity contribution >= 4 is 17.7 Å². The Bertz CT molecular complexity index is 455. The van der Waals surface area contributed by atoms with Crippen molar-refractivity contribution in [2.75, 3.05) is 64.5 Å². The zero-order valence-corrected chi connectivity index (χ0v) is 18.4. The molecule has 27 heavy (non-hydrogen) atoms. The molecule has 0 bridgehead atoms. The van der Waals surface area contributed by atoms with E-state index in [2.05, 4.69) is 40.8 Å². The van der Waals surface area contributed by atoms with E-state index < -0.39 is 0 Å². The molecule has 1 saturated carbocycles. The number of rotatable bonds is 7. The van der Waals surface area contributed by atoms with Crippen molar-refractivity contribution < 1.29 is 4.74 Å². The number of hydrogen-bond donors (Lipinski definition) is 1. The van der Waals surface area contributed by atoms with E-state index in [-0.39, 0.29) is 0 Å². The van der Waals surface area contributed by atoms with E-state index in [0.717, 1.165) is 44.7 Å². The summed E-state index contributed by atoms with van der Waals surface area (Å²) in [7, 11) is 2.21. The van der Waals surface area contributed by atoms with Crippen molar-refractivity contribution in [1.82, 2.24) is 15.1 Å². The van der Waals surface area contributed by atoms with Crippen LogP contribution in [0.1, 0.15) is 51.9 Å². The highest BCUT2D eigenvalue weighted by molar-refractivity contribution is 7.99. The fourth-order valence-corrected chi connectivity index (χ4v) is 5.76. The molecule has 3 fully saturated rings. The molecule has 3 aliphatic rings. The van der Waals surface area contributed by atoms with Gasteiger partial charge in [0.1, 0.15) is 0 Å². The molecule has 156 valence electrons. The summed E-state index contributed by atoms with van der Waals surface area (Å²) in [5, 5.41) is 3.54. The van der Waals surface area contributed by atoms with Crippen molar-refractivity contribution in [2.24, 2.45) is 10.9 Å². The summed E-state index contributed by atoms with van der Waals surface area (Å²) in [6.45, 7) is 9.54. The number of guanidine groups is 1. The minimum Gasteiger partial charge on any atom is -0.381 e. The van der Waals surface area contributed by atoms with Crippen molar-refractivity contribution in [3.63, 3.8) is 0 Å². The molecule has 0 atom stereocenters. The summed E-state index contributed by atoms with van der Waals surface area (Å²) in [4.78, 5) is 10.3. The standard InChI is InChI=1S/C21H40N4OS/c1-3-22-20(24(2)11-6-19-7-14-26-15-8-19)23-18-21(9-4-5-10-21)25-12-16-27-17-13-25/h19H,3-18H2,1-2H3,(H,22,23). The largest absolute Gasteiger partial charge is 0.381 e. The van der Waals surface area contributed by atoms with Gasteiger partial charge in [-0.15, -0.1) is 0 Å². The Kier molecular flexibility index (Phi) is 8.59. The Hall–Kier alpha value is -0.460. The highest BCUT2D eigenvalue weighted by Gasteiger charge is 2.40. The lowest BCUT2D eigenvalue weighted by Crippen LogP contribution is -2.53. The number of thioether (sulfide) groups is 1. The van der Waals surface area contributed by atoms with Gasteiger partial charge in [0.2, 0.25) is 0 Å². The third kappa shape index (κ3) is 6.01. The van der Waals surface area contributed by atoms with Crippen LogP contribution in [-0.2, 0) is 4.74 Å². The van der Waals surface area contributed by atoms with Crippen molar-refractivity contribution in [2.45, 2.75) is 57.4 Å². The number of hydrogen-bond acceptors (Lipinski definition) is 4. The molecule has 0 unspecified atom stereocenters. The molecule has 1 N–H and O–H groups in total. The highest BCUT2D eigenvalue weighted by atomic mass is 32.2. The molecule has 1 aliphatic carbocycles. The third-order valence-corrected chi connectivity index (χ3v) is 7.59. The third-order valence-electron chi connectivity index (χ3n) is 6.65. The fraction of sp³-hybridized carbons (Fsp3) is 0.952. The zero-order valence-electron chi connectivity index (χ0n) is 17.5. The maximum Gasteiger partial charge on any atom is 0.193 e. The van der Waals surface area contributed by atoms with Gasteiger partial charge in [-0.25, -0.2) is 0 Å². The predicted molar refractivity (Wildman–Crippen MR) is 117 cm³/mol. The molecule has 0 amide bonds. The van der Waals surface area contributed by atoms with E-state index in [4.69, 9.17) is 9.73 Å². The zero-order chi connectivity index (χ0) is 19.0. The fourth-order valence-electron chi connectivity index (χ4n) is 4.85. The minimum atomic E-state index is 0.323. The second-order valence-electron chi connectivity index (χ2n) is 8.47. The first-order valence-corrected chi connectivity index (χ1v) is 12.3. The molecule has 5 nitrogen and oxygen atoms in total. The van der Waals surface area contributed by atoms with Crippen LogP contribution in [0, 0.1) is 5.92 Å². The average Bonchev–Trinajstić information content (AvgIpc) is 3.21. The van der Waals surface area contributed by atoms with Gasteiger partial charge < -0.3 is 15.0 Å². The normalized spacial score (nSPS) is 24.9. The molecule has 0 spiro atoms. The van der Waals surface area contributed by atoms with Gasteiger partial charge in [-0.3, -0.25) is 9.89 Å². The lowest BCUT2D eigenvalue weighted by molar-refractivity contribution is 0.0625. The molecule has 0 radical (unpaired) electrons. The van der Waals surface area contributed by atoms with Gasteiger partial charge in [0.15, 0.2) is 5.96 Å². The van der Waals surface area contributed by atoms with Crippen LogP contribution >= 0.6 is 11.8 Å². The van der Waals surface area contributed by atoms with Gasteiger partial charge >= 0.3 is 0 Å². The molecule has 0 aromatic rings. The van der Waals surface area contributed by atoms with E-state index in [0.29, 0.717) is 5.54 Å². The van der Waals surface area contributed by atoms with E-state index in [1.54, 1.807) is 0 Å². The predicted octanol–water partition coefficient (Wildman–Crippen LogP) is 3.06. The van der Waals surface area contributed by atoms with Gasteiger partial charge in [-0.2, -0.15) is 11.8 Å². The second kappa shape index (κ2) is 10.9. The van der Waals surface area contributed by atoms with Gasteiger partial charge in [0.25, 0.3) is 0 Å². The van der Waals surface area contributed by atoms with Crippen LogP contribution in [0.3, 0.4) is 0 Å². The van der Waals surface area contributed by atoms with Crippen LogP contribution in [0.5, 0.6) is 0 Å². The summed E-state index contributed by atoms with van der Waals surface area (Å²) >= 11 is 2.11. The summed E-state index contributed by atoms with van der Waals surface area (Å²) in [5.74, 6) is 4.49. The Morgan fingerprint density at radius 2 is 1.93 bits per heavy atom. The van der Waals surface area contributed by atoms with E-state index in [1.165, 1.54) is 69.5 Å². The smallest absolute Gasteiger partial charge is 0.193 e. The van der Waals surface area contributed by atoms with Crippen LogP contribution in [-0.4, -0.2) is 85.8 Å². The number of nitrogens with one attached hydrogen (secondary N) is 1. The number of nitrogens with zero attached hydrogens (tertiary/aromatic N) is 3. The van der Waals surface area contributed by atoms with E-state index >= 15 is 0 Å². The van der Waals surface area contributed by atoms with Crippen LogP contribution in [0.15, 0.2) is 4.99 Å². The monoisotopic (exact) mass is 396 g/mol. The van der Waals surface area contributed by atoms with Crippen molar-refractivity contribution in [3.05, 3.63) is 0 Å². The minimum absolute atomic E-state index is 0.323. The molecule has 0 aromatic heterocycles. The summed E-state index contributed by atoms with van der Waals surface area (Å²) in [6, 6.07) is 0. The lowest BCUT2D eigenvalue weighted by Gasteiger charge is -2.42. The summed E-state index contributed by atoms with van der Waals surface area (Å²) < 4.78 is 5.50. The topological polar surface area (TPSA) is 40.1 Å². The number of ether oxygens (including phenoxy) is 1. The van der Waals surface area contributed by atoms with Crippen LogP contribution < -0.4 is 5.32 Å².